The zero-order chi connectivity index (χ0) is 10.0. The Kier molecular flexibility index (Phi) is 2.78. The number of hydrogen-bond donors (Lipinski definition) is 1. The summed E-state index contributed by atoms with van der Waals surface area (Å²) in [4.78, 5) is 0. The van der Waals surface area contributed by atoms with Crippen LogP contribution in [-0.4, -0.2) is 11.4 Å². The molecule has 2 rings (SSSR count). The van der Waals surface area contributed by atoms with Gasteiger partial charge in [0.15, 0.2) is 0 Å². The molecule has 1 aliphatic rings. The number of fused-ring (bicyclic) bond motifs is 1. The third-order valence-corrected chi connectivity index (χ3v) is 4.80. The van der Waals surface area contributed by atoms with Crippen LogP contribution in [0.15, 0.2) is 24.3 Å². The summed E-state index contributed by atoms with van der Waals surface area (Å²) in [5.74, 6) is 0. The highest BCUT2D eigenvalue weighted by atomic mass is 31.1. The molecule has 0 aliphatic carbocycles. The van der Waals surface area contributed by atoms with Crippen LogP contribution in [-0.2, 0) is 6.42 Å². The molecule has 0 amide bonds. The SMILES string of the molecule is CC[C@]1(C)Nc2ccccc2CCP1. The molecule has 1 heterocycles. The number of anilines is 1. The maximum atomic E-state index is 3.70. The van der Waals surface area contributed by atoms with Gasteiger partial charge >= 0.3 is 0 Å². The fraction of sp³-hybridized carbons (Fsp3) is 0.500. The fourth-order valence-corrected chi connectivity index (χ4v) is 3.31. The third kappa shape index (κ3) is 1.93. The maximum absolute atomic E-state index is 3.70. The first-order valence-corrected chi connectivity index (χ1v) is 6.55. The first-order chi connectivity index (χ1) is 6.73. The van der Waals surface area contributed by atoms with E-state index in [0.29, 0.717) is 5.28 Å². The lowest BCUT2D eigenvalue weighted by Gasteiger charge is -2.29. The van der Waals surface area contributed by atoms with Gasteiger partial charge in [-0.15, -0.1) is 0 Å². The molecule has 0 aromatic heterocycles. The molecule has 0 radical (unpaired) electrons. The highest BCUT2D eigenvalue weighted by molar-refractivity contribution is 7.40. The van der Waals surface area contributed by atoms with E-state index < -0.39 is 0 Å². The Morgan fingerprint density at radius 3 is 3.00 bits per heavy atom. The molecule has 1 aliphatic heterocycles. The van der Waals surface area contributed by atoms with Crippen molar-refractivity contribution < 1.29 is 0 Å². The van der Waals surface area contributed by atoms with E-state index in [1.54, 1.807) is 0 Å². The van der Waals surface area contributed by atoms with Gasteiger partial charge in [0.05, 0.1) is 5.28 Å². The van der Waals surface area contributed by atoms with Gasteiger partial charge in [-0.1, -0.05) is 33.7 Å². The zero-order valence-corrected chi connectivity index (χ0v) is 9.93. The molecule has 2 atom stereocenters. The van der Waals surface area contributed by atoms with Gasteiger partial charge in [-0.25, -0.2) is 0 Å². The topological polar surface area (TPSA) is 12.0 Å². The second-order valence-corrected chi connectivity index (χ2v) is 6.10. The van der Waals surface area contributed by atoms with Crippen molar-refractivity contribution in [3.8, 4) is 0 Å². The summed E-state index contributed by atoms with van der Waals surface area (Å²) in [5.41, 5.74) is 2.83. The maximum Gasteiger partial charge on any atom is 0.0509 e. The molecule has 1 N–H and O–H groups in total. The minimum Gasteiger partial charge on any atom is -0.376 e. The van der Waals surface area contributed by atoms with Crippen LogP contribution in [0, 0.1) is 0 Å². The molecule has 1 unspecified atom stereocenters. The van der Waals surface area contributed by atoms with E-state index in [2.05, 4.69) is 43.4 Å². The van der Waals surface area contributed by atoms with Crippen molar-refractivity contribution in [3.63, 3.8) is 0 Å². The van der Waals surface area contributed by atoms with Gasteiger partial charge in [-0.3, -0.25) is 0 Å². The largest absolute Gasteiger partial charge is 0.376 e. The second-order valence-electron chi connectivity index (χ2n) is 4.14. The van der Waals surface area contributed by atoms with E-state index in [4.69, 9.17) is 0 Å². The fourth-order valence-electron chi connectivity index (χ4n) is 1.89. The van der Waals surface area contributed by atoms with Gasteiger partial charge in [-0.2, -0.15) is 0 Å². The van der Waals surface area contributed by atoms with Crippen molar-refractivity contribution in [2.75, 3.05) is 11.5 Å². The summed E-state index contributed by atoms with van der Waals surface area (Å²) in [5, 5.41) is 4.02. The summed E-state index contributed by atoms with van der Waals surface area (Å²) >= 11 is 0. The lowest BCUT2D eigenvalue weighted by atomic mass is 10.1. The van der Waals surface area contributed by atoms with E-state index in [0.717, 1.165) is 8.58 Å². The molecule has 14 heavy (non-hydrogen) atoms. The monoisotopic (exact) mass is 207 g/mol. The average Bonchev–Trinajstić information content (AvgIpc) is 2.37. The molecule has 2 heteroatoms. The summed E-state index contributed by atoms with van der Waals surface area (Å²) < 4.78 is 0. The number of benzene rings is 1. The van der Waals surface area contributed by atoms with Crippen LogP contribution in [0.25, 0.3) is 0 Å². The quantitative estimate of drug-likeness (QED) is 0.695. The van der Waals surface area contributed by atoms with Crippen LogP contribution in [0.3, 0.4) is 0 Å². The van der Waals surface area contributed by atoms with Crippen molar-refractivity contribution in [3.05, 3.63) is 29.8 Å². The molecule has 0 spiro atoms. The minimum absolute atomic E-state index is 0.326. The standard InChI is InChI=1S/C12H18NP/c1-3-12(2)13-11-7-5-4-6-10(11)8-9-14-12/h4-7,13-14H,3,8-9H2,1-2H3/t12-/m1/s1. The number of hydrogen-bond acceptors (Lipinski definition) is 1. The predicted molar refractivity (Wildman–Crippen MR) is 65.6 cm³/mol. The highest BCUT2D eigenvalue weighted by Crippen LogP contribution is 2.39. The van der Waals surface area contributed by atoms with Crippen molar-refractivity contribution in [1.29, 1.82) is 0 Å². The molecule has 0 fully saturated rings. The van der Waals surface area contributed by atoms with Crippen LogP contribution >= 0.6 is 8.58 Å². The molecule has 1 aromatic carbocycles. The molecule has 76 valence electrons. The second kappa shape index (κ2) is 3.90. The van der Waals surface area contributed by atoms with Gasteiger partial charge in [0, 0.05) is 5.69 Å². The highest BCUT2D eigenvalue weighted by Gasteiger charge is 2.24. The first-order valence-electron chi connectivity index (χ1n) is 5.35. The Morgan fingerprint density at radius 2 is 2.21 bits per heavy atom. The first kappa shape index (κ1) is 9.98. The summed E-state index contributed by atoms with van der Waals surface area (Å²) in [7, 11) is 1.02. The van der Waals surface area contributed by atoms with Crippen molar-refractivity contribution in [1.82, 2.24) is 0 Å². The Bertz CT molecular complexity index is 324. The number of rotatable bonds is 1. The van der Waals surface area contributed by atoms with Crippen LogP contribution in [0.4, 0.5) is 5.69 Å². The van der Waals surface area contributed by atoms with Crippen molar-refractivity contribution >= 4 is 14.3 Å². The average molecular weight is 207 g/mol. The third-order valence-electron chi connectivity index (χ3n) is 3.04. The Morgan fingerprint density at radius 1 is 1.43 bits per heavy atom. The number of aryl methyl sites for hydroxylation is 1. The van der Waals surface area contributed by atoms with Crippen molar-refractivity contribution in [2.24, 2.45) is 0 Å². The van der Waals surface area contributed by atoms with Gasteiger partial charge in [0.1, 0.15) is 0 Å². The lowest BCUT2D eigenvalue weighted by molar-refractivity contribution is 0.695. The zero-order valence-electron chi connectivity index (χ0n) is 8.93. The summed E-state index contributed by atoms with van der Waals surface area (Å²) in [6.07, 6.45) is 3.77. The van der Waals surface area contributed by atoms with E-state index in [1.807, 2.05) is 0 Å². The van der Waals surface area contributed by atoms with Gasteiger partial charge in [0.2, 0.25) is 0 Å². The van der Waals surface area contributed by atoms with Crippen LogP contribution in [0.2, 0.25) is 0 Å². The minimum atomic E-state index is 0.326. The van der Waals surface area contributed by atoms with Crippen LogP contribution < -0.4 is 5.32 Å². The summed E-state index contributed by atoms with van der Waals surface area (Å²) in [6, 6.07) is 8.71. The van der Waals surface area contributed by atoms with E-state index in [-0.39, 0.29) is 0 Å². The van der Waals surface area contributed by atoms with Crippen LogP contribution in [0.5, 0.6) is 0 Å². The van der Waals surface area contributed by atoms with E-state index in [9.17, 15) is 0 Å². The Hall–Kier alpha value is -0.550. The van der Waals surface area contributed by atoms with Crippen molar-refractivity contribution in [2.45, 2.75) is 32.0 Å². The Labute approximate surface area is 88.1 Å². The smallest absolute Gasteiger partial charge is 0.0509 e. The van der Waals surface area contributed by atoms with Gasteiger partial charge < -0.3 is 5.32 Å². The molecular formula is C12H18NP. The molecule has 1 aromatic rings. The van der Waals surface area contributed by atoms with E-state index >= 15 is 0 Å². The van der Waals surface area contributed by atoms with Gasteiger partial charge in [0.25, 0.3) is 0 Å². The Balaban J connectivity index is 2.31. The molecule has 0 bridgehead atoms. The molecular weight excluding hydrogens is 189 g/mol. The van der Waals surface area contributed by atoms with Gasteiger partial charge in [-0.05, 0) is 37.6 Å². The molecule has 0 saturated carbocycles. The van der Waals surface area contributed by atoms with E-state index in [1.165, 1.54) is 30.3 Å². The van der Waals surface area contributed by atoms with Crippen LogP contribution in [0.1, 0.15) is 25.8 Å². The normalized spacial score (nSPS) is 27.9. The number of nitrogens with one attached hydrogen (secondary N) is 1. The lowest BCUT2D eigenvalue weighted by Crippen LogP contribution is -2.27. The number of para-hydroxylation sites is 1. The summed E-state index contributed by atoms with van der Waals surface area (Å²) in [6.45, 7) is 4.61. The molecule has 1 nitrogen and oxygen atoms in total. The molecule has 0 saturated heterocycles. The predicted octanol–water partition coefficient (Wildman–Crippen LogP) is 3.46.